The summed E-state index contributed by atoms with van der Waals surface area (Å²) in [5, 5.41) is 10.3. The first-order valence-corrected chi connectivity index (χ1v) is 7.04. The van der Waals surface area contributed by atoms with Gasteiger partial charge >= 0.3 is 0 Å². The van der Waals surface area contributed by atoms with Gasteiger partial charge in [0.15, 0.2) is 0 Å². The van der Waals surface area contributed by atoms with Crippen molar-refractivity contribution in [3.05, 3.63) is 41.4 Å². The van der Waals surface area contributed by atoms with Crippen LogP contribution in [0.25, 0.3) is 10.6 Å². The molecule has 1 amide bonds. The van der Waals surface area contributed by atoms with Crippen LogP contribution in [0.1, 0.15) is 16.1 Å². The average Bonchev–Trinajstić information content (AvgIpc) is 3.08. The Hall–Kier alpha value is -1.72. The predicted molar refractivity (Wildman–Crippen MR) is 74.1 cm³/mol. The van der Waals surface area contributed by atoms with E-state index in [2.05, 4.69) is 4.98 Å². The van der Waals surface area contributed by atoms with E-state index in [-0.39, 0.29) is 12.0 Å². The number of rotatable bonds is 2. The minimum Gasteiger partial charge on any atom is -0.391 e. The van der Waals surface area contributed by atoms with Gasteiger partial charge in [0.1, 0.15) is 9.88 Å². The second kappa shape index (κ2) is 5.11. The number of amides is 1. The third kappa shape index (κ3) is 2.52. The molecule has 19 heavy (non-hydrogen) atoms. The molecule has 1 aliphatic heterocycles. The SMILES string of the molecule is O=C(c1cnc(-c2ccccc2)s1)N1CC[C@H](O)C1. The van der Waals surface area contributed by atoms with E-state index in [9.17, 15) is 9.90 Å². The third-order valence-corrected chi connectivity index (χ3v) is 4.22. The second-order valence-corrected chi connectivity index (χ2v) is 5.62. The largest absolute Gasteiger partial charge is 0.391 e. The number of aliphatic hydroxyl groups is 1. The van der Waals surface area contributed by atoms with Crippen molar-refractivity contribution in [1.29, 1.82) is 0 Å². The van der Waals surface area contributed by atoms with Crippen molar-refractivity contribution in [2.75, 3.05) is 13.1 Å². The number of carbonyl (C=O) groups excluding carboxylic acids is 1. The number of aromatic nitrogens is 1. The monoisotopic (exact) mass is 274 g/mol. The van der Waals surface area contributed by atoms with Gasteiger partial charge in [0.2, 0.25) is 0 Å². The maximum absolute atomic E-state index is 12.2. The van der Waals surface area contributed by atoms with Gasteiger partial charge in [-0.05, 0) is 6.42 Å². The molecule has 4 nitrogen and oxygen atoms in total. The maximum Gasteiger partial charge on any atom is 0.265 e. The number of hydrogen-bond acceptors (Lipinski definition) is 4. The molecule has 2 heterocycles. The number of carbonyl (C=O) groups is 1. The highest BCUT2D eigenvalue weighted by atomic mass is 32.1. The van der Waals surface area contributed by atoms with Crippen LogP contribution in [-0.2, 0) is 0 Å². The number of likely N-dealkylation sites (tertiary alicyclic amines) is 1. The quantitative estimate of drug-likeness (QED) is 0.911. The molecule has 1 N–H and O–H groups in total. The van der Waals surface area contributed by atoms with Gasteiger partial charge in [0.25, 0.3) is 5.91 Å². The van der Waals surface area contributed by atoms with Crippen LogP contribution in [0.5, 0.6) is 0 Å². The summed E-state index contributed by atoms with van der Waals surface area (Å²) in [7, 11) is 0. The first kappa shape index (κ1) is 12.3. The molecule has 1 saturated heterocycles. The van der Waals surface area contributed by atoms with Crippen LogP contribution in [0.3, 0.4) is 0 Å². The lowest BCUT2D eigenvalue weighted by molar-refractivity contribution is 0.0769. The van der Waals surface area contributed by atoms with E-state index < -0.39 is 0 Å². The molecule has 0 aliphatic carbocycles. The van der Waals surface area contributed by atoms with Gasteiger partial charge in [0, 0.05) is 18.7 Å². The van der Waals surface area contributed by atoms with Crippen molar-refractivity contribution in [2.45, 2.75) is 12.5 Å². The van der Waals surface area contributed by atoms with Crippen LogP contribution >= 0.6 is 11.3 Å². The molecular weight excluding hydrogens is 260 g/mol. The molecule has 98 valence electrons. The summed E-state index contributed by atoms with van der Waals surface area (Å²) in [5.41, 5.74) is 1.02. The van der Waals surface area contributed by atoms with E-state index in [1.165, 1.54) is 11.3 Å². The van der Waals surface area contributed by atoms with Crippen molar-refractivity contribution in [1.82, 2.24) is 9.88 Å². The highest BCUT2D eigenvalue weighted by Gasteiger charge is 2.26. The molecule has 0 spiro atoms. The van der Waals surface area contributed by atoms with Crippen molar-refractivity contribution < 1.29 is 9.90 Å². The Morgan fingerprint density at radius 2 is 2.16 bits per heavy atom. The Balaban J connectivity index is 1.80. The number of β-amino-alcohol motifs (C(OH)–C–C–N with tert-alkyl or cyclic N) is 1. The van der Waals surface area contributed by atoms with E-state index in [0.29, 0.717) is 24.4 Å². The van der Waals surface area contributed by atoms with Crippen molar-refractivity contribution in [3.63, 3.8) is 0 Å². The van der Waals surface area contributed by atoms with Gasteiger partial charge in [-0.1, -0.05) is 30.3 Å². The minimum atomic E-state index is -0.384. The molecule has 0 radical (unpaired) electrons. The minimum absolute atomic E-state index is 0.0313. The summed E-state index contributed by atoms with van der Waals surface area (Å²) in [6.07, 6.45) is 1.90. The lowest BCUT2D eigenvalue weighted by Gasteiger charge is -2.13. The zero-order valence-corrected chi connectivity index (χ0v) is 11.1. The first-order valence-electron chi connectivity index (χ1n) is 6.22. The normalized spacial score (nSPS) is 18.8. The molecule has 0 unspecified atom stereocenters. The molecule has 2 aromatic rings. The number of thiazole rings is 1. The summed E-state index contributed by atoms with van der Waals surface area (Å²) in [6, 6.07) is 9.82. The Morgan fingerprint density at radius 3 is 2.84 bits per heavy atom. The van der Waals surface area contributed by atoms with E-state index >= 15 is 0 Å². The van der Waals surface area contributed by atoms with Gasteiger partial charge in [-0.3, -0.25) is 4.79 Å². The van der Waals surface area contributed by atoms with Gasteiger partial charge in [-0.25, -0.2) is 4.98 Å². The summed E-state index contributed by atoms with van der Waals surface area (Å²) in [5.74, 6) is -0.0313. The number of benzene rings is 1. The zero-order valence-electron chi connectivity index (χ0n) is 10.3. The summed E-state index contributed by atoms with van der Waals surface area (Å²) < 4.78 is 0. The number of nitrogens with zero attached hydrogens (tertiary/aromatic N) is 2. The fourth-order valence-electron chi connectivity index (χ4n) is 2.17. The van der Waals surface area contributed by atoms with Crippen molar-refractivity contribution in [2.24, 2.45) is 0 Å². The van der Waals surface area contributed by atoms with Crippen molar-refractivity contribution >= 4 is 17.2 Å². The van der Waals surface area contributed by atoms with Crippen molar-refractivity contribution in [3.8, 4) is 10.6 Å². The van der Waals surface area contributed by atoms with E-state index in [1.807, 2.05) is 30.3 Å². The molecule has 0 saturated carbocycles. The molecule has 0 bridgehead atoms. The molecule has 3 rings (SSSR count). The highest BCUT2D eigenvalue weighted by Crippen LogP contribution is 2.26. The second-order valence-electron chi connectivity index (χ2n) is 4.59. The summed E-state index contributed by atoms with van der Waals surface area (Å²) in [6.45, 7) is 1.05. The van der Waals surface area contributed by atoms with Crippen LogP contribution in [-0.4, -0.2) is 40.1 Å². The van der Waals surface area contributed by atoms with Gasteiger partial charge in [-0.15, -0.1) is 11.3 Å². The average molecular weight is 274 g/mol. The fourth-order valence-corrected chi connectivity index (χ4v) is 3.06. The molecule has 5 heteroatoms. The molecule has 1 aromatic heterocycles. The van der Waals surface area contributed by atoms with Gasteiger partial charge in [-0.2, -0.15) is 0 Å². The Bertz CT molecular complexity index is 582. The highest BCUT2D eigenvalue weighted by molar-refractivity contribution is 7.16. The van der Waals surface area contributed by atoms with E-state index in [1.54, 1.807) is 11.1 Å². The lowest BCUT2D eigenvalue weighted by atomic mass is 10.2. The number of hydrogen-bond donors (Lipinski definition) is 1. The smallest absolute Gasteiger partial charge is 0.265 e. The van der Waals surface area contributed by atoms with E-state index in [4.69, 9.17) is 0 Å². The summed E-state index contributed by atoms with van der Waals surface area (Å²) in [4.78, 5) is 18.8. The zero-order chi connectivity index (χ0) is 13.2. The fraction of sp³-hybridized carbons (Fsp3) is 0.286. The molecule has 1 aromatic carbocycles. The third-order valence-electron chi connectivity index (χ3n) is 3.19. The summed E-state index contributed by atoms with van der Waals surface area (Å²) >= 11 is 1.40. The number of aliphatic hydroxyl groups excluding tert-OH is 1. The van der Waals surface area contributed by atoms with Crippen LogP contribution in [0.4, 0.5) is 0 Å². The van der Waals surface area contributed by atoms with Gasteiger partial charge in [0.05, 0.1) is 12.3 Å². The van der Waals surface area contributed by atoms with E-state index in [0.717, 1.165) is 10.6 Å². The van der Waals surface area contributed by atoms with Crippen LogP contribution in [0.2, 0.25) is 0 Å². The van der Waals surface area contributed by atoms with Crippen LogP contribution in [0, 0.1) is 0 Å². The topological polar surface area (TPSA) is 53.4 Å². The standard InChI is InChI=1S/C14H14N2O2S/c17-11-6-7-16(9-11)14(18)12-8-15-13(19-12)10-4-2-1-3-5-10/h1-5,8,11,17H,6-7,9H2/t11-/m0/s1. The van der Waals surface area contributed by atoms with Crippen LogP contribution < -0.4 is 0 Å². The Morgan fingerprint density at radius 1 is 1.37 bits per heavy atom. The Kier molecular flexibility index (Phi) is 3.31. The van der Waals surface area contributed by atoms with Gasteiger partial charge < -0.3 is 10.0 Å². The first-order chi connectivity index (χ1) is 9.24. The van der Waals surface area contributed by atoms with Crippen LogP contribution in [0.15, 0.2) is 36.5 Å². The maximum atomic E-state index is 12.2. The predicted octanol–water partition coefficient (Wildman–Crippen LogP) is 2.02. The molecule has 1 aliphatic rings. The molecule has 1 fully saturated rings. The molecular formula is C14H14N2O2S. The Labute approximate surface area is 115 Å². The lowest BCUT2D eigenvalue weighted by Crippen LogP contribution is -2.28. The molecule has 1 atom stereocenters.